The SMILES string of the molecule is c1ccc(-c2c(-c3ccccc3)c3cc(N(c4ccc5c(ccc6ccccc65)c4)c4ccc5oc6ccccc6c5c4)ccc3c3ccccc23)cc1. The molecule has 10 aromatic carbocycles. The third kappa shape index (κ3) is 4.81. The summed E-state index contributed by atoms with van der Waals surface area (Å²) in [7, 11) is 0. The fourth-order valence-corrected chi connectivity index (χ4v) is 8.57. The van der Waals surface area contributed by atoms with Gasteiger partial charge in [-0.2, -0.15) is 0 Å². The molecule has 0 aliphatic carbocycles. The zero-order valence-corrected chi connectivity index (χ0v) is 29.4. The average Bonchev–Trinajstić information content (AvgIpc) is 3.62. The normalized spacial score (nSPS) is 11.7. The molecule has 0 unspecified atom stereocenters. The Morgan fingerprint density at radius 2 is 0.759 bits per heavy atom. The zero-order valence-electron chi connectivity index (χ0n) is 29.4. The maximum atomic E-state index is 6.30. The number of benzene rings is 10. The molecule has 11 rings (SSSR count). The Labute approximate surface area is 312 Å². The van der Waals surface area contributed by atoms with E-state index >= 15 is 0 Å². The minimum atomic E-state index is 0.883. The Balaban J connectivity index is 1.22. The lowest BCUT2D eigenvalue weighted by Crippen LogP contribution is -2.10. The van der Waals surface area contributed by atoms with Crippen LogP contribution in [0.25, 0.3) is 87.3 Å². The molecule has 2 nitrogen and oxygen atoms in total. The van der Waals surface area contributed by atoms with E-state index in [-0.39, 0.29) is 0 Å². The molecule has 11 aromatic rings. The molecular formula is C52H33NO. The van der Waals surface area contributed by atoms with Gasteiger partial charge in [-0.05, 0) is 114 Å². The predicted octanol–water partition coefficient (Wildman–Crippen LogP) is 15.0. The van der Waals surface area contributed by atoms with E-state index in [1.165, 1.54) is 65.3 Å². The lowest BCUT2D eigenvalue weighted by molar-refractivity contribution is 0.669. The van der Waals surface area contributed by atoms with Crippen LogP contribution in [0.2, 0.25) is 0 Å². The molecule has 0 aliphatic rings. The van der Waals surface area contributed by atoms with E-state index in [0.717, 1.165) is 39.0 Å². The summed E-state index contributed by atoms with van der Waals surface area (Å²) < 4.78 is 6.30. The predicted molar refractivity (Wildman–Crippen MR) is 229 cm³/mol. The minimum Gasteiger partial charge on any atom is -0.456 e. The third-order valence-electron chi connectivity index (χ3n) is 11.0. The maximum absolute atomic E-state index is 6.30. The van der Waals surface area contributed by atoms with Crippen molar-refractivity contribution >= 4 is 82.1 Å². The summed E-state index contributed by atoms with van der Waals surface area (Å²) in [6.45, 7) is 0. The lowest BCUT2D eigenvalue weighted by atomic mass is 9.85. The Morgan fingerprint density at radius 3 is 1.52 bits per heavy atom. The number of hydrogen-bond acceptors (Lipinski definition) is 2. The van der Waals surface area contributed by atoms with Crippen LogP contribution >= 0.6 is 0 Å². The van der Waals surface area contributed by atoms with Crippen LogP contribution in [0.3, 0.4) is 0 Å². The highest BCUT2D eigenvalue weighted by molar-refractivity contribution is 6.22. The first-order valence-corrected chi connectivity index (χ1v) is 18.5. The summed E-state index contributed by atoms with van der Waals surface area (Å²) in [5.74, 6) is 0. The van der Waals surface area contributed by atoms with Crippen LogP contribution in [0.4, 0.5) is 17.1 Å². The van der Waals surface area contributed by atoms with Gasteiger partial charge in [0.2, 0.25) is 0 Å². The van der Waals surface area contributed by atoms with Gasteiger partial charge in [0, 0.05) is 27.8 Å². The summed E-state index contributed by atoms with van der Waals surface area (Å²) in [4.78, 5) is 2.40. The molecule has 1 heterocycles. The second kappa shape index (κ2) is 12.2. The standard InChI is InChI=1S/C52H33NO/c1-3-14-35(15-4-1)51-46-21-10-9-19-43(46)44-29-26-39(33-48(44)52(51)36-16-5-2-6-17-36)53(40-27-30-50-47(32-40)45-20-11-12-22-49(45)54-50)38-25-28-42-37(31-38)24-23-34-13-7-8-18-41(34)42/h1-33H. The van der Waals surface area contributed by atoms with Crippen molar-refractivity contribution in [1.82, 2.24) is 0 Å². The van der Waals surface area contributed by atoms with Crippen LogP contribution in [0, 0.1) is 0 Å². The Kier molecular flexibility index (Phi) is 6.90. The zero-order chi connectivity index (χ0) is 35.6. The van der Waals surface area contributed by atoms with Gasteiger partial charge in [-0.15, -0.1) is 0 Å². The van der Waals surface area contributed by atoms with Crippen molar-refractivity contribution in [3.8, 4) is 22.3 Å². The van der Waals surface area contributed by atoms with E-state index in [2.05, 4.69) is 193 Å². The molecule has 0 N–H and O–H groups in total. The van der Waals surface area contributed by atoms with Gasteiger partial charge >= 0.3 is 0 Å². The molecule has 0 saturated carbocycles. The second-order valence-corrected chi connectivity index (χ2v) is 14.1. The smallest absolute Gasteiger partial charge is 0.135 e. The Morgan fingerprint density at radius 1 is 0.278 bits per heavy atom. The molecule has 2 heteroatoms. The van der Waals surface area contributed by atoms with Crippen molar-refractivity contribution in [3.63, 3.8) is 0 Å². The summed E-state index contributed by atoms with van der Waals surface area (Å²) >= 11 is 0. The van der Waals surface area contributed by atoms with Gasteiger partial charge in [-0.1, -0.05) is 152 Å². The van der Waals surface area contributed by atoms with Crippen molar-refractivity contribution in [2.24, 2.45) is 0 Å². The molecule has 0 aliphatic heterocycles. The van der Waals surface area contributed by atoms with Gasteiger partial charge in [-0.3, -0.25) is 0 Å². The number of hydrogen-bond donors (Lipinski definition) is 0. The molecule has 0 spiro atoms. The van der Waals surface area contributed by atoms with E-state index < -0.39 is 0 Å². The molecule has 0 fully saturated rings. The maximum Gasteiger partial charge on any atom is 0.135 e. The topological polar surface area (TPSA) is 16.4 Å². The summed E-state index contributed by atoms with van der Waals surface area (Å²) in [5, 5.41) is 12.1. The van der Waals surface area contributed by atoms with Gasteiger partial charge in [-0.25, -0.2) is 0 Å². The van der Waals surface area contributed by atoms with E-state index in [1.807, 2.05) is 12.1 Å². The molecule has 0 radical (unpaired) electrons. The first-order valence-electron chi connectivity index (χ1n) is 18.5. The molecule has 0 atom stereocenters. The van der Waals surface area contributed by atoms with Crippen LogP contribution in [0.15, 0.2) is 205 Å². The molecule has 0 saturated heterocycles. The minimum absolute atomic E-state index is 0.883. The Hall–Kier alpha value is -7.16. The number of nitrogens with zero attached hydrogens (tertiary/aromatic N) is 1. The molecule has 1 aromatic heterocycles. The van der Waals surface area contributed by atoms with Crippen molar-refractivity contribution in [2.75, 3.05) is 4.90 Å². The summed E-state index contributed by atoms with van der Waals surface area (Å²) in [6, 6.07) is 72.5. The van der Waals surface area contributed by atoms with Crippen molar-refractivity contribution in [3.05, 3.63) is 200 Å². The van der Waals surface area contributed by atoms with E-state index in [4.69, 9.17) is 4.42 Å². The number of anilines is 3. The van der Waals surface area contributed by atoms with Gasteiger partial charge in [0.25, 0.3) is 0 Å². The fraction of sp³-hybridized carbons (Fsp3) is 0. The highest BCUT2D eigenvalue weighted by Gasteiger charge is 2.21. The molecule has 0 amide bonds. The quantitative estimate of drug-likeness (QED) is 0.168. The van der Waals surface area contributed by atoms with Crippen molar-refractivity contribution in [1.29, 1.82) is 0 Å². The van der Waals surface area contributed by atoms with Crippen LogP contribution in [0.5, 0.6) is 0 Å². The number of furan rings is 1. The first kappa shape index (κ1) is 30.5. The van der Waals surface area contributed by atoms with Crippen LogP contribution in [-0.2, 0) is 0 Å². The molecule has 252 valence electrons. The fourth-order valence-electron chi connectivity index (χ4n) is 8.57. The van der Waals surface area contributed by atoms with Crippen LogP contribution in [-0.4, -0.2) is 0 Å². The van der Waals surface area contributed by atoms with E-state index in [0.29, 0.717) is 0 Å². The number of para-hydroxylation sites is 1. The highest BCUT2D eigenvalue weighted by Crippen LogP contribution is 2.47. The largest absolute Gasteiger partial charge is 0.456 e. The molecule has 0 bridgehead atoms. The number of rotatable bonds is 5. The second-order valence-electron chi connectivity index (χ2n) is 14.1. The number of fused-ring (bicyclic) bond motifs is 9. The first-order chi connectivity index (χ1) is 26.8. The van der Waals surface area contributed by atoms with Crippen molar-refractivity contribution < 1.29 is 4.42 Å². The van der Waals surface area contributed by atoms with Gasteiger partial charge in [0.05, 0.1) is 0 Å². The summed E-state index contributed by atoms with van der Waals surface area (Å²) in [6.07, 6.45) is 0. The van der Waals surface area contributed by atoms with E-state index in [9.17, 15) is 0 Å². The average molecular weight is 688 g/mol. The van der Waals surface area contributed by atoms with Crippen LogP contribution in [0.1, 0.15) is 0 Å². The van der Waals surface area contributed by atoms with Crippen molar-refractivity contribution in [2.45, 2.75) is 0 Å². The van der Waals surface area contributed by atoms with Crippen LogP contribution < -0.4 is 4.90 Å². The van der Waals surface area contributed by atoms with Gasteiger partial charge in [0.15, 0.2) is 0 Å². The highest BCUT2D eigenvalue weighted by atomic mass is 16.3. The van der Waals surface area contributed by atoms with E-state index in [1.54, 1.807) is 0 Å². The molecular weight excluding hydrogens is 655 g/mol. The molecule has 54 heavy (non-hydrogen) atoms. The van der Waals surface area contributed by atoms with Gasteiger partial charge < -0.3 is 9.32 Å². The Bertz CT molecular complexity index is 3210. The summed E-state index contributed by atoms with van der Waals surface area (Å²) in [5.41, 5.74) is 9.90. The third-order valence-corrected chi connectivity index (χ3v) is 11.0. The lowest BCUT2D eigenvalue weighted by Gasteiger charge is -2.27. The van der Waals surface area contributed by atoms with Gasteiger partial charge in [0.1, 0.15) is 11.2 Å². The monoisotopic (exact) mass is 687 g/mol.